The van der Waals surface area contributed by atoms with Gasteiger partial charge in [0.2, 0.25) is 0 Å². The minimum atomic E-state index is -0.526. The molecular weight excluding hydrogens is 254 g/mol. The number of nitrogens with one attached hydrogen (secondary N) is 1. The van der Waals surface area contributed by atoms with Crippen LogP contribution >= 0.6 is 11.6 Å². The first-order valence-corrected chi connectivity index (χ1v) is 5.48. The first kappa shape index (κ1) is 13.9. The smallest absolute Gasteiger partial charge is 0.310 e. The Morgan fingerprint density at radius 3 is 2.94 bits per heavy atom. The number of hydrogen-bond acceptors (Lipinski definition) is 4. The highest BCUT2D eigenvalue weighted by Gasteiger charge is 2.15. The van der Waals surface area contributed by atoms with Crippen LogP contribution in [0.2, 0.25) is 5.15 Å². The summed E-state index contributed by atoms with van der Waals surface area (Å²) in [7, 11) is 0. The number of aromatic nitrogens is 1. The van der Waals surface area contributed by atoms with Crippen LogP contribution in [-0.2, 0) is 0 Å². The fraction of sp³-hybridized carbons (Fsp3) is 0.0833. The lowest BCUT2D eigenvalue weighted by molar-refractivity contribution is -0.384. The van der Waals surface area contributed by atoms with Crippen LogP contribution in [0.15, 0.2) is 48.8 Å². The van der Waals surface area contributed by atoms with Gasteiger partial charge in [-0.15, -0.1) is 0 Å². The lowest BCUT2D eigenvalue weighted by atomic mass is 10.3. The number of nitro groups is 1. The molecule has 0 spiro atoms. The molecule has 5 nitrogen and oxygen atoms in total. The molecule has 0 aliphatic carbocycles. The number of allylic oxidation sites excluding steroid dienone is 4. The van der Waals surface area contributed by atoms with E-state index in [9.17, 15) is 10.1 Å². The number of nitrogens with zero attached hydrogens (tertiary/aromatic N) is 2. The molecule has 0 radical (unpaired) electrons. The molecular formula is C12H12ClN3O2. The van der Waals surface area contributed by atoms with Gasteiger partial charge in [0, 0.05) is 11.8 Å². The van der Waals surface area contributed by atoms with Gasteiger partial charge < -0.3 is 5.32 Å². The van der Waals surface area contributed by atoms with Crippen LogP contribution in [0.5, 0.6) is 0 Å². The summed E-state index contributed by atoms with van der Waals surface area (Å²) in [4.78, 5) is 14.0. The average molecular weight is 266 g/mol. The Kier molecular flexibility index (Phi) is 5.07. The molecule has 0 atom stereocenters. The number of hydrogen-bond donors (Lipinski definition) is 1. The molecule has 0 saturated heterocycles. The van der Waals surface area contributed by atoms with E-state index in [1.807, 2.05) is 13.0 Å². The van der Waals surface area contributed by atoms with E-state index in [0.29, 0.717) is 5.70 Å². The summed E-state index contributed by atoms with van der Waals surface area (Å²) in [5, 5.41) is 13.9. The summed E-state index contributed by atoms with van der Waals surface area (Å²) in [6, 6.07) is 1.40. The first-order valence-electron chi connectivity index (χ1n) is 5.11. The summed E-state index contributed by atoms with van der Waals surface area (Å²) in [5.41, 5.74) is 0.752. The zero-order valence-corrected chi connectivity index (χ0v) is 10.5. The van der Waals surface area contributed by atoms with Gasteiger partial charge in [-0.25, -0.2) is 4.98 Å². The van der Waals surface area contributed by atoms with Crippen LogP contribution in [0.3, 0.4) is 0 Å². The fourth-order valence-electron chi connectivity index (χ4n) is 1.18. The number of halogens is 1. The molecule has 1 heterocycles. The third kappa shape index (κ3) is 3.71. The van der Waals surface area contributed by atoms with E-state index in [1.165, 1.54) is 6.07 Å². The van der Waals surface area contributed by atoms with Crippen LogP contribution in [0.25, 0.3) is 0 Å². The Morgan fingerprint density at radius 2 is 2.39 bits per heavy atom. The van der Waals surface area contributed by atoms with Gasteiger partial charge in [-0.1, -0.05) is 30.3 Å². The maximum Gasteiger partial charge on any atom is 0.310 e. The van der Waals surface area contributed by atoms with Crippen molar-refractivity contribution in [3.8, 4) is 0 Å². The molecule has 1 aromatic rings. The van der Waals surface area contributed by atoms with Crippen molar-refractivity contribution >= 4 is 23.0 Å². The molecule has 0 aromatic carbocycles. The average Bonchev–Trinajstić information content (AvgIpc) is 2.34. The standard InChI is InChI=1S/C12H12ClN3O2/c1-3-5-6-9(4-2)15-10-7-12(13)14-8-11(10)16(17)18/h3-8H,2H2,1H3,(H,14,15)/b5-3-,9-6+. The summed E-state index contributed by atoms with van der Waals surface area (Å²) < 4.78 is 0. The Hall–Kier alpha value is -2.14. The maximum atomic E-state index is 10.8. The molecule has 0 aliphatic rings. The Morgan fingerprint density at radius 1 is 1.67 bits per heavy atom. The summed E-state index contributed by atoms with van der Waals surface area (Å²) in [6.45, 7) is 5.49. The minimum absolute atomic E-state index is 0.146. The quantitative estimate of drug-likeness (QED) is 0.381. The topological polar surface area (TPSA) is 68.1 Å². The number of rotatable bonds is 5. The molecule has 0 bridgehead atoms. The Labute approximate surface area is 110 Å². The van der Waals surface area contributed by atoms with Gasteiger partial charge in [-0.05, 0) is 19.1 Å². The van der Waals surface area contributed by atoms with Gasteiger partial charge in [-0.2, -0.15) is 0 Å². The van der Waals surface area contributed by atoms with E-state index >= 15 is 0 Å². The predicted octanol–water partition coefficient (Wildman–Crippen LogP) is 3.70. The molecule has 1 rings (SSSR count). The molecule has 18 heavy (non-hydrogen) atoms. The van der Waals surface area contributed by atoms with Crippen LogP contribution < -0.4 is 5.32 Å². The third-order valence-electron chi connectivity index (χ3n) is 2.01. The van der Waals surface area contributed by atoms with Crippen molar-refractivity contribution in [1.29, 1.82) is 0 Å². The Balaban J connectivity index is 3.12. The molecule has 1 aromatic heterocycles. The van der Waals surface area contributed by atoms with E-state index in [4.69, 9.17) is 11.6 Å². The summed E-state index contributed by atoms with van der Waals surface area (Å²) in [5.74, 6) is 0. The highest BCUT2D eigenvalue weighted by atomic mass is 35.5. The zero-order chi connectivity index (χ0) is 13.5. The van der Waals surface area contributed by atoms with Crippen molar-refractivity contribution in [1.82, 2.24) is 4.98 Å². The molecule has 1 N–H and O–H groups in total. The second-order valence-electron chi connectivity index (χ2n) is 3.26. The van der Waals surface area contributed by atoms with Crippen molar-refractivity contribution in [2.24, 2.45) is 0 Å². The van der Waals surface area contributed by atoms with Crippen LogP contribution in [-0.4, -0.2) is 9.91 Å². The van der Waals surface area contributed by atoms with Crippen molar-refractivity contribution in [2.75, 3.05) is 5.32 Å². The minimum Gasteiger partial charge on any atom is -0.350 e. The van der Waals surface area contributed by atoms with Crippen LogP contribution in [0.4, 0.5) is 11.4 Å². The fourth-order valence-corrected chi connectivity index (χ4v) is 1.34. The molecule has 0 aliphatic heterocycles. The first-order chi connectivity index (χ1) is 8.58. The van der Waals surface area contributed by atoms with Gasteiger partial charge in [0.15, 0.2) is 0 Å². The highest BCUT2D eigenvalue weighted by Crippen LogP contribution is 2.26. The molecule has 0 saturated carbocycles. The van der Waals surface area contributed by atoms with E-state index in [1.54, 1.807) is 18.2 Å². The lowest BCUT2D eigenvalue weighted by Crippen LogP contribution is -2.01. The number of pyridine rings is 1. The summed E-state index contributed by atoms with van der Waals surface area (Å²) >= 11 is 5.72. The van der Waals surface area contributed by atoms with Gasteiger partial charge in [0.05, 0.1) is 4.92 Å². The van der Waals surface area contributed by atoms with Gasteiger partial charge in [-0.3, -0.25) is 10.1 Å². The van der Waals surface area contributed by atoms with E-state index in [-0.39, 0.29) is 16.5 Å². The molecule has 6 heteroatoms. The zero-order valence-electron chi connectivity index (χ0n) is 9.76. The van der Waals surface area contributed by atoms with Crippen LogP contribution in [0, 0.1) is 10.1 Å². The predicted molar refractivity (Wildman–Crippen MR) is 72.6 cm³/mol. The monoisotopic (exact) mass is 265 g/mol. The Bertz CT molecular complexity index is 524. The van der Waals surface area contributed by atoms with Gasteiger partial charge in [0.1, 0.15) is 17.0 Å². The van der Waals surface area contributed by atoms with E-state index in [0.717, 1.165) is 6.20 Å². The molecule has 0 amide bonds. The largest absolute Gasteiger partial charge is 0.350 e. The maximum absolute atomic E-state index is 10.8. The lowest BCUT2D eigenvalue weighted by Gasteiger charge is -2.07. The third-order valence-corrected chi connectivity index (χ3v) is 2.22. The van der Waals surface area contributed by atoms with Crippen molar-refractivity contribution in [3.63, 3.8) is 0 Å². The second kappa shape index (κ2) is 6.56. The highest BCUT2D eigenvalue weighted by molar-refractivity contribution is 6.29. The summed E-state index contributed by atoms with van der Waals surface area (Å²) in [6.07, 6.45) is 8.03. The molecule has 0 fully saturated rings. The molecule has 0 unspecified atom stereocenters. The van der Waals surface area contributed by atoms with Gasteiger partial charge >= 0.3 is 5.69 Å². The second-order valence-corrected chi connectivity index (χ2v) is 3.65. The number of anilines is 1. The normalized spacial score (nSPS) is 11.6. The van der Waals surface area contributed by atoms with Crippen molar-refractivity contribution in [3.05, 3.63) is 64.1 Å². The van der Waals surface area contributed by atoms with E-state index < -0.39 is 4.92 Å². The van der Waals surface area contributed by atoms with Crippen molar-refractivity contribution < 1.29 is 4.92 Å². The SMILES string of the molecule is C=C/C(=C\C=C/C)Nc1cc(Cl)ncc1[N+](=O)[O-]. The van der Waals surface area contributed by atoms with Crippen molar-refractivity contribution in [2.45, 2.75) is 6.92 Å². The van der Waals surface area contributed by atoms with Gasteiger partial charge in [0.25, 0.3) is 0 Å². The van der Waals surface area contributed by atoms with E-state index in [2.05, 4.69) is 16.9 Å². The van der Waals surface area contributed by atoms with Crippen LogP contribution in [0.1, 0.15) is 6.92 Å². The molecule has 94 valence electrons.